The molecule has 0 rings (SSSR count). The molecule has 48 valence electrons. The van der Waals surface area contributed by atoms with E-state index in [9.17, 15) is 4.79 Å². The van der Waals surface area contributed by atoms with Crippen LogP contribution in [0.2, 0.25) is 0 Å². The summed E-state index contributed by atoms with van der Waals surface area (Å²) in [5.41, 5.74) is 5.16. The second kappa shape index (κ2) is 2.67. The van der Waals surface area contributed by atoms with Crippen LogP contribution in [0.15, 0.2) is 0 Å². The molecule has 0 aliphatic carbocycles. The van der Waals surface area contributed by atoms with E-state index in [1.165, 1.54) is 0 Å². The highest BCUT2D eigenvalue weighted by Crippen LogP contribution is 1.96. The third-order valence-electron chi connectivity index (χ3n) is 1.00. The highest BCUT2D eigenvalue weighted by atomic mass is 16.7. The molecule has 0 heterocycles. The second-order valence-electron chi connectivity index (χ2n) is 2.11. The van der Waals surface area contributed by atoms with Gasteiger partial charge in [0.1, 0.15) is 6.04 Å². The van der Waals surface area contributed by atoms with E-state index in [-0.39, 0.29) is 5.92 Å². The Morgan fingerprint density at radius 2 is 2.00 bits per heavy atom. The lowest BCUT2D eigenvalue weighted by molar-refractivity contribution is -0.139. The first-order valence-electron chi connectivity index (χ1n) is 2.54. The van der Waals surface area contributed by atoms with Crippen molar-refractivity contribution in [3.8, 4) is 0 Å². The van der Waals surface area contributed by atoms with Crippen LogP contribution in [0.1, 0.15) is 13.8 Å². The summed E-state index contributed by atoms with van der Waals surface area (Å²) in [7, 11) is 0. The molecular weight excluding hydrogens is 116 g/mol. The SMILES string of the molecule is [14CH3][14CH]([14CH3])[14C@H](N)[14C](=O)O. The van der Waals surface area contributed by atoms with Crippen LogP contribution in [0, 0.1) is 5.92 Å². The Bertz CT molecular complexity index is 90.4. The number of rotatable bonds is 2. The molecule has 0 unspecified atom stereocenters. The monoisotopic (exact) mass is 127 g/mol. The number of carboxylic acid groups (broad SMARTS) is 1. The Morgan fingerprint density at radius 1 is 1.62 bits per heavy atom. The van der Waals surface area contributed by atoms with Gasteiger partial charge in [0.2, 0.25) is 0 Å². The molecule has 0 amide bonds. The summed E-state index contributed by atoms with van der Waals surface area (Å²) >= 11 is 0. The first-order valence-corrected chi connectivity index (χ1v) is 2.54. The molecule has 0 radical (unpaired) electrons. The Hall–Kier alpha value is -0.570. The largest absolute Gasteiger partial charge is 0.480 e. The maximum Gasteiger partial charge on any atom is 0.320 e. The minimum absolute atomic E-state index is 0.0208. The lowest BCUT2D eigenvalue weighted by atomic mass is 12.0. The molecule has 3 nitrogen and oxygen atoms in total. The average Bonchev–Trinajstić information content (AvgIpc) is 1.64. The van der Waals surface area contributed by atoms with Gasteiger partial charge >= 0.3 is 5.97 Å². The molecule has 0 aromatic rings. The molecule has 3 N–H and O–H groups in total. The molecule has 0 aliphatic rings. The third kappa shape index (κ3) is 1.93. The smallest absolute Gasteiger partial charge is 0.320 e. The zero-order chi connectivity index (χ0) is 6.73. The van der Waals surface area contributed by atoms with Gasteiger partial charge in [-0.3, -0.25) is 4.79 Å². The molecule has 8 heavy (non-hydrogen) atoms. The van der Waals surface area contributed by atoms with Crippen molar-refractivity contribution >= 4 is 5.97 Å². The molecule has 0 bridgehead atoms. The van der Waals surface area contributed by atoms with E-state index in [0.717, 1.165) is 0 Å². The van der Waals surface area contributed by atoms with Crippen LogP contribution in [0.25, 0.3) is 0 Å². The summed E-state index contributed by atoms with van der Waals surface area (Å²) in [6.45, 7) is 3.55. The number of carboxylic acids is 1. The summed E-state index contributed by atoms with van der Waals surface area (Å²) in [6, 6.07) is -0.713. The first-order chi connectivity index (χ1) is 3.55. The number of hydrogen-bond donors (Lipinski definition) is 2. The Labute approximate surface area is 48.5 Å². The maximum absolute atomic E-state index is 10.0. The van der Waals surface area contributed by atoms with Crippen molar-refractivity contribution in [2.24, 2.45) is 11.7 Å². The predicted octanol–water partition coefficient (Wildman–Crippen LogP) is 0.0543. The normalized spacial score (nSPS) is 14.0. The molecule has 0 saturated heterocycles. The third-order valence-corrected chi connectivity index (χ3v) is 1.00. The van der Waals surface area contributed by atoms with E-state index in [2.05, 4.69) is 0 Å². The van der Waals surface area contributed by atoms with Crippen molar-refractivity contribution < 1.29 is 9.90 Å². The predicted molar refractivity (Wildman–Crippen MR) is 30.4 cm³/mol. The molecule has 3 heteroatoms. The minimum Gasteiger partial charge on any atom is -0.480 e. The van der Waals surface area contributed by atoms with E-state index < -0.39 is 12.0 Å². The quantitative estimate of drug-likeness (QED) is 0.551. The van der Waals surface area contributed by atoms with Gasteiger partial charge in [-0.25, -0.2) is 0 Å². The number of hydrogen-bond acceptors (Lipinski definition) is 2. The molecule has 0 saturated carbocycles. The van der Waals surface area contributed by atoms with Gasteiger partial charge < -0.3 is 10.8 Å². The lowest BCUT2D eigenvalue weighted by Gasteiger charge is -2.07. The summed E-state index contributed by atoms with van der Waals surface area (Å²) in [5.74, 6) is -0.910. The number of aliphatic carboxylic acids is 1. The van der Waals surface area contributed by atoms with Crippen molar-refractivity contribution in [1.29, 1.82) is 0 Å². The van der Waals surface area contributed by atoms with Gasteiger partial charge in [0.05, 0.1) is 0 Å². The van der Waals surface area contributed by atoms with Crippen molar-refractivity contribution in [3.05, 3.63) is 0 Å². The summed E-state index contributed by atoms with van der Waals surface area (Å²) in [6.07, 6.45) is 0. The number of nitrogens with two attached hydrogens (primary N) is 1. The fourth-order valence-corrected chi connectivity index (χ4v) is 0.285. The van der Waals surface area contributed by atoms with Gasteiger partial charge in [-0.15, -0.1) is 0 Å². The van der Waals surface area contributed by atoms with Gasteiger partial charge in [-0.05, 0) is 5.92 Å². The van der Waals surface area contributed by atoms with Crippen LogP contribution >= 0.6 is 0 Å². The average molecular weight is 127 g/mol. The fourth-order valence-electron chi connectivity index (χ4n) is 0.285. The van der Waals surface area contributed by atoms with E-state index in [0.29, 0.717) is 0 Å². The second-order valence-corrected chi connectivity index (χ2v) is 2.11. The topological polar surface area (TPSA) is 63.3 Å². The van der Waals surface area contributed by atoms with E-state index in [4.69, 9.17) is 10.8 Å². The Balaban J connectivity index is 3.64. The van der Waals surface area contributed by atoms with E-state index in [1.54, 1.807) is 13.8 Å². The van der Waals surface area contributed by atoms with Crippen LogP contribution < -0.4 is 5.73 Å². The minimum atomic E-state index is -0.931. The zero-order valence-electron chi connectivity index (χ0n) is 5.09. The van der Waals surface area contributed by atoms with Crippen LogP contribution in [0.3, 0.4) is 0 Å². The highest BCUT2D eigenvalue weighted by molar-refractivity contribution is 5.73. The van der Waals surface area contributed by atoms with Gasteiger partial charge in [0.15, 0.2) is 0 Å². The summed E-state index contributed by atoms with van der Waals surface area (Å²) in [5, 5.41) is 8.23. The maximum atomic E-state index is 10.0. The molecule has 0 aliphatic heterocycles. The summed E-state index contributed by atoms with van der Waals surface area (Å²) in [4.78, 5) is 10.0. The molecule has 0 aromatic carbocycles. The van der Waals surface area contributed by atoms with Crippen LogP contribution in [0.5, 0.6) is 0 Å². The molecule has 1 atom stereocenters. The van der Waals surface area contributed by atoms with Crippen LogP contribution in [0.4, 0.5) is 0 Å². The summed E-state index contributed by atoms with van der Waals surface area (Å²) < 4.78 is 0. The molecule has 0 fully saturated rings. The van der Waals surface area contributed by atoms with Crippen molar-refractivity contribution in [2.45, 2.75) is 19.9 Å². The fraction of sp³-hybridized carbons (Fsp3) is 0.800. The van der Waals surface area contributed by atoms with Crippen LogP contribution in [-0.4, -0.2) is 17.1 Å². The van der Waals surface area contributed by atoms with Gasteiger partial charge in [-0.2, -0.15) is 0 Å². The van der Waals surface area contributed by atoms with Crippen molar-refractivity contribution in [3.63, 3.8) is 0 Å². The highest BCUT2D eigenvalue weighted by Gasteiger charge is 2.14. The number of carbonyl (C=O) groups is 1. The standard InChI is InChI=1S/C5H11NO2/c1-3(2)4(6)5(7)8/h3-4H,6H2,1-2H3,(H,7,8)/t4-/m0/s1/i1+2,2+2,3+2,4+2,5+2. The first kappa shape index (κ1) is 7.43. The lowest BCUT2D eigenvalue weighted by Crippen LogP contribution is -2.34. The molecular formula is C5H11NO2. The molecule has 0 aromatic heterocycles. The molecule has 0 spiro atoms. The van der Waals surface area contributed by atoms with Crippen LogP contribution in [-0.2, 0) is 4.79 Å². The Kier molecular flexibility index (Phi) is 2.48. The van der Waals surface area contributed by atoms with Crippen molar-refractivity contribution in [1.82, 2.24) is 0 Å². The van der Waals surface area contributed by atoms with Gasteiger partial charge in [-0.1, -0.05) is 13.8 Å². The van der Waals surface area contributed by atoms with Crippen molar-refractivity contribution in [2.75, 3.05) is 0 Å². The van der Waals surface area contributed by atoms with E-state index in [1.807, 2.05) is 0 Å². The van der Waals surface area contributed by atoms with Gasteiger partial charge in [0, 0.05) is 0 Å². The van der Waals surface area contributed by atoms with E-state index >= 15 is 0 Å². The van der Waals surface area contributed by atoms with Gasteiger partial charge in [0.25, 0.3) is 0 Å². The zero-order valence-corrected chi connectivity index (χ0v) is 5.09. The Morgan fingerprint density at radius 3 is 2.00 bits per heavy atom.